The summed E-state index contributed by atoms with van der Waals surface area (Å²) in [4.78, 5) is 56.5. The lowest BCUT2D eigenvalue weighted by atomic mass is 9.77. The van der Waals surface area contributed by atoms with Crippen molar-refractivity contribution in [2.75, 3.05) is 4.90 Å². The van der Waals surface area contributed by atoms with Crippen LogP contribution in [-0.4, -0.2) is 29.0 Å². The van der Waals surface area contributed by atoms with Crippen molar-refractivity contribution in [1.82, 2.24) is 0 Å². The molecule has 174 valence electrons. The molecule has 0 aromatic heterocycles. The Morgan fingerprint density at radius 3 is 2.06 bits per heavy atom. The molecule has 0 saturated carbocycles. The first-order chi connectivity index (χ1) is 16.8. The second-order valence-electron chi connectivity index (χ2n) is 9.33. The lowest BCUT2D eigenvalue weighted by Gasteiger charge is -2.27. The van der Waals surface area contributed by atoms with Crippen molar-refractivity contribution in [2.45, 2.75) is 25.6 Å². The number of Topliss-reactive ketones (excluding diaryl/α,β-unsaturated/α-hetero) is 2. The number of amides is 2. The Morgan fingerprint density at radius 2 is 1.46 bits per heavy atom. The van der Waals surface area contributed by atoms with Crippen LogP contribution < -0.4 is 4.90 Å². The zero-order valence-corrected chi connectivity index (χ0v) is 19.7. The Bertz CT molecular complexity index is 1430. The number of aryl methyl sites for hydroxylation is 2. The smallest absolute Gasteiger partial charge is 0.241 e. The van der Waals surface area contributed by atoms with E-state index >= 15 is 0 Å². The Labute approximate surface area is 206 Å². The topological polar surface area (TPSA) is 80.8 Å². The molecular formula is C28H20ClNO5. The van der Waals surface area contributed by atoms with Crippen molar-refractivity contribution in [1.29, 1.82) is 0 Å². The first-order valence-electron chi connectivity index (χ1n) is 11.3. The molecule has 6 rings (SSSR count). The lowest BCUT2D eigenvalue weighted by Crippen LogP contribution is -2.51. The van der Waals surface area contributed by atoms with Crippen molar-refractivity contribution in [3.05, 3.63) is 99.6 Å². The maximum atomic E-state index is 14.0. The van der Waals surface area contributed by atoms with E-state index in [0.717, 1.165) is 16.0 Å². The van der Waals surface area contributed by atoms with Gasteiger partial charge in [0, 0.05) is 16.1 Å². The molecule has 0 radical (unpaired) electrons. The number of carbonyl (C=O) groups is 4. The van der Waals surface area contributed by atoms with Crippen molar-refractivity contribution in [2.24, 2.45) is 11.8 Å². The fraction of sp³-hybridized carbons (Fsp3) is 0.214. The van der Waals surface area contributed by atoms with Gasteiger partial charge in [-0.25, -0.2) is 4.90 Å². The zero-order chi connectivity index (χ0) is 24.6. The van der Waals surface area contributed by atoms with Gasteiger partial charge in [-0.15, -0.1) is 0 Å². The van der Waals surface area contributed by atoms with Crippen LogP contribution in [0.1, 0.15) is 43.5 Å². The fourth-order valence-corrected chi connectivity index (χ4v) is 5.89. The van der Waals surface area contributed by atoms with E-state index < -0.39 is 46.9 Å². The summed E-state index contributed by atoms with van der Waals surface area (Å²) in [5.74, 6) is -4.55. The number of rotatable bonds is 2. The Hall–Kier alpha value is -3.61. The molecule has 2 saturated heterocycles. The number of hydrogen-bond donors (Lipinski definition) is 0. The van der Waals surface area contributed by atoms with E-state index in [1.807, 2.05) is 26.0 Å². The highest BCUT2D eigenvalue weighted by Crippen LogP contribution is 2.57. The minimum absolute atomic E-state index is 0.207. The molecule has 0 unspecified atom stereocenters. The number of imide groups is 1. The van der Waals surface area contributed by atoms with E-state index in [4.69, 9.17) is 16.3 Å². The summed E-state index contributed by atoms with van der Waals surface area (Å²) in [6, 6.07) is 18.5. The van der Waals surface area contributed by atoms with Gasteiger partial charge in [0.05, 0.1) is 23.6 Å². The van der Waals surface area contributed by atoms with Crippen LogP contribution >= 0.6 is 11.6 Å². The number of halogens is 1. The minimum atomic E-state index is -2.08. The van der Waals surface area contributed by atoms with Gasteiger partial charge >= 0.3 is 0 Å². The number of carbonyl (C=O) groups excluding carboxylic acids is 4. The molecule has 2 amide bonds. The number of benzene rings is 3. The third-order valence-corrected chi connectivity index (χ3v) is 7.56. The molecule has 3 aliphatic rings. The van der Waals surface area contributed by atoms with Gasteiger partial charge in [-0.3, -0.25) is 19.2 Å². The van der Waals surface area contributed by atoms with Crippen LogP contribution in [0.5, 0.6) is 0 Å². The third kappa shape index (κ3) is 2.81. The first-order valence-corrected chi connectivity index (χ1v) is 11.7. The highest BCUT2D eigenvalue weighted by atomic mass is 35.5. The molecule has 6 nitrogen and oxygen atoms in total. The highest BCUT2D eigenvalue weighted by molar-refractivity contribution is 6.37. The summed E-state index contributed by atoms with van der Waals surface area (Å²) in [7, 11) is 0. The van der Waals surface area contributed by atoms with Gasteiger partial charge in [-0.1, -0.05) is 65.7 Å². The van der Waals surface area contributed by atoms with Gasteiger partial charge in [-0.2, -0.15) is 0 Å². The molecule has 7 heteroatoms. The van der Waals surface area contributed by atoms with Crippen LogP contribution in [0.3, 0.4) is 0 Å². The normalized spacial score (nSPS) is 24.4. The molecular weight excluding hydrogens is 466 g/mol. The van der Waals surface area contributed by atoms with Crippen molar-refractivity contribution < 1.29 is 23.9 Å². The minimum Gasteiger partial charge on any atom is -0.349 e. The Balaban J connectivity index is 1.55. The van der Waals surface area contributed by atoms with Crippen molar-refractivity contribution in [3.63, 3.8) is 0 Å². The molecule has 1 aliphatic carbocycles. The molecule has 2 fully saturated rings. The van der Waals surface area contributed by atoms with Crippen molar-refractivity contribution in [3.8, 4) is 0 Å². The SMILES string of the molecule is Cc1ccc(N2C(=O)[C@H]3[C@@H](C2=O)C2(O[C@H]3c3ccc(Cl)cc3)C(=O)c3ccccc3C2=O)c(C)c1. The third-order valence-electron chi connectivity index (χ3n) is 7.31. The molecule has 0 bridgehead atoms. The summed E-state index contributed by atoms with van der Waals surface area (Å²) in [5, 5.41) is 0.490. The van der Waals surface area contributed by atoms with Crippen molar-refractivity contribution >= 4 is 40.7 Å². The molecule has 2 aliphatic heterocycles. The standard InChI is InChI=1S/C28H20ClNO5/c1-14-7-12-20(15(2)13-14)30-26(33)21-22(27(30)34)28(35-23(21)16-8-10-17(29)11-9-16)24(31)18-5-3-4-6-19(18)25(28)32/h3-13,21-23H,1-2H3/t21-,22-,23-/m0/s1. The largest absolute Gasteiger partial charge is 0.349 e. The average Bonchev–Trinajstić information content (AvgIpc) is 3.40. The van der Waals surface area contributed by atoms with E-state index in [-0.39, 0.29) is 11.1 Å². The summed E-state index contributed by atoms with van der Waals surface area (Å²) in [5.41, 5.74) is 1.08. The summed E-state index contributed by atoms with van der Waals surface area (Å²) in [6.45, 7) is 3.74. The molecule has 2 heterocycles. The predicted molar refractivity (Wildman–Crippen MR) is 129 cm³/mol. The molecule has 3 aromatic carbocycles. The summed E-state index contributed by atoms with van der Waals surface area (Å²) >= 11 is 6.06. The fourth-order valence-electron chi connectivity index (χ4n) is 5.76. The van der Waals surface area contributed by atoms with Crippen LogP contribution in [0.4, 0.5) is 5.69 Å². The maximum Gasteiger partial charge on any atom is 0.241 e. The Morgan fingerprint density at radius 1 is 0.829 bits per heavy atom. The van der Waals surface area contributed by atoms with E-state index in [1.54, 1.807) is 54.6 Å². The van der Waals surface area contributed by atoms with Gasteiger partial charge in [0.25, 0.3) is 0 Å². The monoisotopic (exact) mass is 485 g/mol. The number of fused-ring (bicyclic) bond motifs is 3. The highest BCUT2D eigenvalue weighted by Gasteiger charge is 2.74. The molecule has 3 atom stereocenters. The quantitative estimate of drug-likeness (QED) is 0.390. The molecule has 35 heavy (non-hydrogen) atoms. The lowest BCUT2D eigenvalue weighted by molar-refractivity contribution is -0.127. The second-order valence-corrected chi connectivity index (χ2v) is 9.77. The number of anilines is 1. The Kier molecular flexibility index (Phi) is 4.66. The summed E-state index contributed by atoms with van der Waals surface area (Å²) in [6.07, 6.45) is -0.966. The zero-order valence-electron chi connectivity index (χ0n) is 18.9. The van der Waals surface area contributed by atoms with Crippen LogP contribution in [0.15, 0.2) is 66.7 Å². The van der Waals surface area contributed by atoms with Crippen LogP contribution in [-0.2, 0) is 14.3 Å². The number of ketones is 2. The maximum absolute atomic E-state index is 14.0. The van der Waals surface area contributed by atoms with Crippen LogP contribution in [0.25, 0.3) is 0 Å². The number of hydrogen-bond acceptors (Lipinski definition) is 5. The van der Waals surface area contributed by atoms with Crippen LogP contribution in [0, 0.1) is 25.7 Å². The molecule has 0 N–H and O–H groups in total. The number of ether oxygens (including phenoxy) is 1. The van der Waals surface area contributed by atoms with Gasteiger partial charge in [-0.05, 0) is 43.2 Å². The van der Waals surface area contributed by atoms with E-state index in [0.29, 0.717) is 16.3 Å². The van der Waals surface area contributed by atoms with E-state index in [1.165, 1.54) is 0 Å². The van der Waals surface area contributed by atoms with E-state index in [9.17, 15) is 19.2 Å². The molecule has 1 spiro atoms. The first kappa shape index (κ1) is 21.9. The molecule has 3 aromatic rings. The van der Waals surface area contributed by atoms with Gasteiger partial charge in [0.1, 0.15) is 0 Å². The van der Waals surface area contributed by atoms with Crippen LogP contribution in [0.2, 0.25) is 5.02 Å². The number of nitrogens with zero attached hydrogens (tertiary/aromatic N) is 1. The van der Waals surface area contributed by atoms with Gasteiger partial charge < -0.3 is 4.74 Å². The van der Waals surface area contributed by atoms with Gasteiger partial charge in [0.2, 0.25) is 29.0 Å². The second kappa shape index (κ2) is 7.44. The summed E-state index contributed by atoms with van der Waals surface area (Å²) < 4.78 is 6.27. The van der Waals surface area contributed by atoms with E-state index in [2.05, 4.69) is 0 Å². The average molecular weight is 486 g/mol. The van der Waals surface area contributed by atoms with Gasteiger partial charge in [0.15, 0.2) is 0 Å². The predicted octanol–water partition coefficient (Wildman–Crippen LogP) is 4.65.